The lowest BCUT2D eigenvalue weighted by molar-refractivity contribution is -0.118. The van der Waals surface area contributed by atoms with Crippen molar-refractivity contribution >= 4 is 44.2 Å². The Kier molecular flexibility index (Phi) is 6.37. The van der Waals surface area contributed by atoms with E-state index in [0.717, 1.165) is 15.8 Å². The van der Waals surface area contributed by atoms with Crippen LogP contribution in [0.4, 0.5) is 5.13 Å². The van der Waals surface area contributed by atoms with E-state index >= 15 is 0 Å². The number of thiazole rings is 1. The van der Waals surface area contributed by atoms with Gasteiger partial charge in [-0.2, -0.15) is 4.98 Å². The molecule has 2 heterocycles. The molecule has 0 aliphatic carbocycles. The number of carbonyl (C=O) groups is 1. The van der Waals surface area contributed by atoms with Crippen LogP contribution < -0.4 is 4.90 Å². The van der Waals surface area contributed by atoms with E-state index in [1.54, 1.807) is 24.1 Å². The summed E-state index contributed by atoms with van der Waals surface area (Å²) in [7, 11) is 1.61. The number of aromatic nitrogens is 3. The standard InChI is InChI=1S/C21H19ClN4O3S/c1-28-13-12-26(21-23-16-4-2-3-5-17(16)30-21)19(27)11-10-18-24-20(25-29-18)14-6-8-15(22)9-7-14/h2-9H,10-13H2,1H3. The van der Waals surface area contributed by atoms with E-state index in [0.29, 0.717) is 41.4 Å². The summed E-state index contributed by atoms with van der Waals surface area (Å²) >= 11 is 7.40. The molecule has 1 amide bonds. The van der Waals surface area contributed by atoms with Crippen LogP contribution in [0.2, 0.25) is 5.02 Å². The second-order valence-electron chi connectivity index (χ2n) is 6.52. The topological polar surface area (TPSA) is 81.4 Å². The summed E-state index contributed by atoms with van der Waals surface area (Å²) in [6, 6.07) is 15.0. The first-order valence-electron chi connectivity index (χ1n) is 9.37. The minimum Gasteiger partial charge on any atom is -0.383 e. The van der Waals surface area contributed by atoms with Gasteiger partial charge >= 0.3 is 0 Å². The minimum atomic E-state index is -0.0719. The van der Waals surface area contributed by atoms with Crippen LogP contribution in [0.25, 0.3) is 21.6 Å². The predicted molar refractivity (Wildman–Crippen MR) is 117 cm³/mol. The SMILES string of the molecule is COCCN(C(=O)CCc1nc(-c2ccc(Cl)cc2)no1)c1nc2ccccc2s1. The molecule has 9 heteroatoms. The summed E-state index contributed by atoms with van der Waals surface area (Å²) in [4.78, 5) is 23.6. The number of halogens is 1. The average molecular weight is 443 g/mol. The van der Waals surface area contributed by atoms with Crippen molar-refractivity contribution in [1.82, 2.24) is 15.1 Å². The highest BCUT2D eigenvalue weighted by molar-refractivity contribution is 7.22. The summed E-state index contributed by atoms with van der Waals surface area (Å²) in [5.74, 6) is 0.804. The highest BCUT2D eigenvalue weighted by atomic mass is 35.5. The first-order chi connectivity index (χ1) is 14.6. The largest absolute Gasteiger partial charge is 0.383 e. The summed E-state index contributed by atoms with van der Waals surface area (Å²) < 4.78 is 11.5. The number of amides is 1. The number of hydrogen-bond acceptors (Lipinski definition) is 7. The number of para-hydroxylation sites is 1. The summed E-state index contributed by atoms with van der Waals surface area (Å²) in [6.07, 6.45) is 0.565. The normalized spacial score (nSPS) is 11.1. The fourth-order valence-corrected chi connectivity index (χ4v) is 4.04. The average Bonchev–Trinajstić information content (AvgIpc) is 3.40. The van der Waals surface area contributed by atoms with Crippen molar-refractivity contribution in [1.29, 1.82) is 0 Å². The highest BCUT2D eigenvalue weighted by Gasteiger charge is 2.20. The quantitative estimate of drug-likeness (QED) is 0.396. The lowest BCUT2D eigenvalue weighted by Crippen LogP contribution is -2.34. The number of carbonyl (C=O) groups excluding carboxylic acids is 1. The van der Waals surface area contributed by atoms with Crippen LogP contribution >= 0.6 is 22.9 Å². The fraction of sp³-hybridized carbons (Fsp3) is 0.238. The number of methoxy groups -OCH3 is 1. The van der Waals surface area contributed by atoms with E-state index in [9.17, 15) is 4.79 Å². The van der Waals surface area contributed by atoms with Crippen LogP contribution in [-0.4, -0.2) is 41.3 Å². The molecule has 0 saturated carbocycles. The fourth-order valence-electron chi connectivity index (χ4n) is 2.91. The molecular formula is C21H19ClN4O3S. The summed E-state index contributed by atoms with van der Waals surface area (Å²) in [5.41, 5.74) is 1.68. The Morgan fingerprint density at radius 2 is 1.97 bits per heavy atom. The van der Waals surface area contributed by atoms with Crippen LogP contribution in [0.1, 0.15) is 12.3 Å². The van der Waals surface area contributed by atoms with Crippen molar-refractivity contribution < 1.29 is 14.1 Å². The molecule has 0 unspecified atom stereocenters. The van der Waals surface area contributed by atoms with Crippen molar-refractivity contribution in [2.45, 2.75) is 12.8 Å². The molecule has 154 valence electrons. The molecule has 4 aromatic rings. The number of rotatable bonds is 8. The van der Waals surface area contributed by atoms with Crippen molar-refractivity contribution in [3.05, 3.63) is 59.4 Å². The molecule has 0 atom stereocenters. The van der Waals surface area contributed by atoms with Gasteiger partial charge in [-0.15, -0.1) is 0 Å². The Bertz CT molecular complexity index is 1110. The maximum Gasteiger partial charge on any atom is 0.229 e. The van der Waals surface area contributed by atoms with Gasteiger partial charge < -0.3 is 9.26 Å². The first kappa shape index (κ1) is 20.5. The van der Waals surface area contributed by atoms with Gasteiger partial charge in [0.25, 0.3) is 0 Å². The number of aryl methyl sites for hydroxylation is 1. The monoisotopic (exact) mass is 442 g/mol. The molecule has 4 rings (SSSR count). The zero-order chi connectivity index (χ0) is 20.9. The lowest BCUT2D eigenvalue weighted by atomic mass is 10.2. The van der Waals surface area contributed by atoms with Crippen LogP contribution in [0, 0.1) is 0 Å². The number of fused-ring (bicyclic) bond motifs is 1. The third-order valence-electron chi connectivity index (χ3n) is 4.46. The third kappa shape index (κ3) is 4.67. The van der Waals surface area contributed by atoms with E-state index in [1.807, 2.05) is 36.4 Å². The molecule has 0 aliphatic rings. The smallest absolute Gasteiger partial charge is 0.229 e. The van der Waals surface area contributed by atoms with Gasteiger partial charge in [0.1, 0.15) is 0 Å². The van der Waals surface area contributed by atoms with Gasteiger partial charge in [0.2, 0.25) is 17.6 Å². The van der Waals surface area contributed by atoms with E-state index < -0.39 is 0 Å². The zero-order valence-corrected chi connectivity index (χ0v) is 17.8. The van der Waals surface area contributed by atoms with Crippen molar-refractivity contribution in [3.63, 3.8) is 0 Å². The number of nitrogens with zero attached hydrogens (tertiary/aromatic N) is 4. The van der Waals surface area contributed by atoms with E-state index in [2.05, 4.69) is 15.1 Å². The maximum atomic E-state index is 12.9. The molecule has 0 fully saturated rings. The molecule has 30 heavy (non-hydrogen) atoms. The molecule has 0 spiro atoms. The van der Waals surface area contributed by atoms with Crippen LogP contribution in [0.15, 0.2) is 53.1 Å². The van der Waals surface area contributed by atoms with Gasteiger partial charge in [0.15, 0.2) is 5.13 Å². The molecule has 0 radical (unpaired) electrons. The Labute approximate surface area is 182 Å². The molecule has 2 aromatic carbocycles. The molecular weight excluding hydrogens is 424 g/mol. The molecule has 7 nitrogen and oxygen atoms in total. The Balaban J connectivity index is 1.45. The third-order valence-corrected chi connectivity index (χ3v) is 5.77. The maximum absolute atomic E-state index is 12.9. The van der Waals surface area contributed by atoms with Gasteiger partial charge in [-0.05, 0) is 36.4 Å². The Hall–Kier alpha value is -2.81. The molecule has 0 saturated heterocycles. The Morgan fingerprint density at radius 3 is 2.73 bits per heavy atom. The number of anilines is 1. The molecule has 0 bridgehead atoms. The van der Waals surface area contributed by atoms with Crippen molar-refractivity contribution in [2.24, 2.45) is 0 Å². The summed E-state index contributed by atoms with van der Waals surface area (Å²) in [5, 5.41) is 5.29. The molecule has 2 aromatic heterocycles. The number of benzene rings is 2. The van der Waals surface area contributed by atoms with Crippen LogP contribution in [0.5, 0.6) is 0 Å². The van der Waals surface area contributed by atoms with Crippen LogP contribution in [-0.2, 0) is 16.0 Å². The van der Waals surface area contributed by atoms with Crippen LogP contribution in [0.3, 0.4) is 0 Å². The van der Waals surface area contributed by atoms with Gasteiger partial charge in [-0.25, -0.2) is 4.98 Å². The second kappa shape index (κ2) is 9.34. The number of hydrogen-bond donors (Lipinski definition) is 0. The summed E-state index contributed by atoms with van der Waals surface area (Å²) in [6.45, 7) is 0.845. The van der Waals surface area contributed by atoms with Gasteiger partial charge in [0, 0.05) is 30.5 Å². The minimum absolute atomic E-state index is 0.0719. The van der Waals surface area contributed by atoms with Crippen molar-refractivity contribution in [3.8, 4) is 11.4 Å². The predicted octanol–water partition coefficient (Wildman–Crippen LogP) is 4.61. The zero-order valence-electron chi connectivity index (χ0n) is 16.2. The Morgan fingerprint density at radius 1 is 1.17 bits per heavy atom. The van der Waals surface area contributed by atoms with Crippen molar-refractivity contribution in [2.75, 3.05) is 25.2 Å². The highest BCUT2D eigenvalue weighted by Crippen LogP contribution is 2.29. The molecule has 0 aliphatic heterocycles. The number of ether oxygens (including phenoxy) is 1. The van der Waals surface area contributed by atoms with Gasteiger partial charge in [0.05, 0.1) is 23.4 Å². The van der Waals surface area contributed by atoms with Gasteiger partial charge in [-0.1, -0.05) is 40.2 Å². The second-order valence-corrected chi connectivity index (χ2v) is 7.97. The lowest BCUT2D eigenvalue weighted by Gasteiger charge is -2.19. The first-order valence-corrected chi connectivity index (χ1v) is 10.6. The van der Waals surface area contributed by atoms with E-state index in [-0.39, 0.29) is 12.3 Å². The molecule has 0 N–H and O–H groups in total. The van der Waals surface area contributed by atoms with E-state index in [4.69, 9.17) is 20.9 Å². The van der Waals surface area contributed by atoms with Gasteiger partial charge in [-0.3, -0.25) is 9.69 Å². The van der Waals surface area contributed by atoms with E-state index in [1.165, 1.54) is 11.3 Å².